The van der Waals surface area contributed by atoms with Crippen LogP contribution in [0.1, 0.15) is 26.2 Å². The van der Waals surface area contributed by atoms with Crippen LogP contribution in [0.5, 0.6) is 5.88 Å². The van der Waals surface area contributed by atoms with Crippen LogP contribution >= 0.6 is 0 Å². The smallest absolute Gasteiger partial charge is 0.386 e. The molecule has 0 saturated heterocycles. The fourth-order valence-corrected chi connectivity index (χ4v) is 1.17. The van der Waals surface area contributed by atoms with Gasteiger partial charge in [-0.05, 0) is 6.42 Å². The van der Waals surface area contributed by atoms with Crippen LogP contribution in [0.3, 0.4) is 0 Å². The maximum absolute atomic E-state index is 11.8. The summed E-state index contributed by atoms with van der Waals surface area (Å²) < 4.78 is 39.1. The van der Waals surface area contributed by atoms with Crippen LogP contribution in [0.4, 0.5) is 19.0 Å². The number of rotatable bonds is 6. The van der Waals surface area contributed by atoms with Gasteiger partial charge in [0.1, 0.15) is 5.82 Å². The molecule has 1 aromatic heterocycles. The molecule has 0 fully saturated rings. The van der Waals surface area contributed by atoms with Crippen molar-refractivity contribution in [2.45, 2.75) is 32.5 Å². The summed E-state index contributed by atoms with van der Waals surface area (Å²) in [4.78, 5) is 7.26. The van der Waals surface area contributed by atoms with Gasteiger partial charge in [0, 0.05) is 6.54 Å². The molecular weight excluding hydrogens is 235 g/mol. The van der Waals surface area contributed by atoms with E-state index in [-0.39, 0.29) is 0 Å². The number of hydrogen-bond donors (Lipinski definition) is 1. The highest BCUT2D eigenvalue weighted by Crippen LogP contribution is 2.20. The molecule has 0 aliphatic carbocycles. The quantitative estimate of drug-likeness (QED) is 0.787. The summed E-state index contributed by atoms with van der Waals surface area (Å²) >= 11 is 0. The van der Waals surface area contributed by atoms with Gasteiger partial charge in [-0.15, -0.1) is 13.2 Å². The van der Waals surface area contributed by atoms with E-state index in [0.29, 0.717) is 5.82 Å². The first kappa shape index (κ1) is 13.5. The van der Waals surface area contributed by atoms with Crippen LogP contribution in [-0.2, 0) is 0 Å². The third kappa shape index (κ3) is 5.94. The predicted octanol–water partition coefficient (Wildman–Crippen LogP) is 2.98. The van der Waals surface area contributed by atoms with Crippen molar-refractivity contribution in [3.63, 3.8) is 0 Å². The third-order valence-corrected chi connectivity index (χ3v) is 1.93. The molecule has 0 spiro atoms. The molecule has 4 nitrogen and oxygen atoms in total. The number of alkyl halides is 3. The van der Waals surface area contributed by atoms with Crippen molar-refractivity contribution in [1.29, 1.82) is 0 Å². The maximum Gasteiger partial charge on any atom is 0.574 e. The van der Waals surface area contributed by atoms with Crippen LogP contribution < -0.4 is 10.1 Å². The van der Waals surface area contributed by atoms with E-state index in [4.69, 9.17) is 0 Å². The second-order valence-corrected chi connectivity index (χ2v) is 3.42. The van der Waals surface area contributed by atoms with Crippen molar-refractivity contribution in [1.82, 2.24) is 9.97 Å². The molecule has 7 heteroatoms. The van der Waals surface area contributed by atoms with Crippen molar-refractivity contribution >= 4 is 5.82 Å². The summed E-state index contributed by atoms with van der Waals surface area (Å²) in [5.74, 6) is -0.118. The zero-order valence-electron chi connectivity index (χ0n) is 9.42. The molecule has 96 valence electrons. The van der Waals surface area contributed by atoms with Crippen LogP contribution in [0.15, 0.2) is 12.4 Å². The average Bonchev–Trinajstić information content (AvgIpc) is 2.25. The third-order valence-electron chi connectivity index (χ3n) is 1.93. The Morgan fingerprint density at radius 2 is 2.00 bits per heavy atom. The standard InChI is InChI=1S/C10H14F3N3O/c1-2-3-4-5-14-8-6-16-9(7-15-8)17-10(11,12)13/h6-7H,2-5H2,1H3,(H,14,15). The summed E-state index contributed by atoms with van der Waals surface area (Å²) in [6, 6.07) is 0. The van der Waals surface area contributed by atoms with E-state index in [1.165, 1.54) is 6.20 Å². The molecule has 0 aromatic carbocycles. The minimum atomic E-state index is -4.73. The van der Waals surface area contributed by atoms with Crippen molar-refractivity contribution in [2.24, 2.45) is 0 Å². The number of unbranched alkanes of at least 4 members (excludes halogenated alkanes) is 2. The van der Waals surface area contributed by atoms with E-state index in [9.17, 15) is 13.2 Å². The predicted molar refractivity (Wildman–Crippen MR) is 56.7 cm³/mol. The van der Waals surface area contributed by atoms with E-state index in [1.807, 2.05) is 0 Å². The van der Waals surface area contributed by atoms with Crippen molar-refractivity contribution < 1.29 is 17.9 Å². The number of nitrogens with zero attached hydrogens (tertiary/aromatic N) is 2. The first-order chi connectivity index (χ1) is 8.01. The number of aromatic nitrogens is 2. The lowest BCUT2D eigenvalue weighted by atomic mass is 10.2. The van der Waals surface area contributed by atoms with E-state index in [2.05, 4.69) is 26.9 Å². The van der Waals surface area contributed by atoms with E-state index < -0.39 is 12.2 Å². The fourth-order valence-electron chi connectivity index (χ4n) is 1.17. The molecular formula is C10H14F3N3O. The Labute approximate surface area is 97.2 Å². The Morgan fingerprint density at radius 3 is 2.53 bits per heavy atom. The monoisotopic (exact) mass is 249 g/mol. The van der Waals surface area contributed by atoms with Gasteiger partial charge < -0.3 is 10.1 Å². The highest BCUT2D eigenvalue weighted by molar-refractivity contribution is 5.31. The highest BCUT2D eigenvalue weighted by Gasteiger charge is 2.31. The molecule has 0 amide bonds. The number of halogens is 3. The Bertz CT molecular complexity index is 327. The molecule has 1 rings (SSSR count). The summed E-state index contributed by atoms with van der Waals surface area (Å²) in [7, 11) is 0. The molecule has 0 aliphatic rings. The Balaban J connectivity index is 2.39. The maximum atomic E-state index is 11.8. The second-order valence-electron chi connectivity index (χ2n) is 3.42. The van der Waals surface area contributed by atoms with Gasteiger partial charge in [-0.2, -0.15) is 0 Å². The summed E-state index contributed by atoms with van der Waals surface area (Å²) in [5, 5.41) is 2.96. The normalized spacial score (nSPS) is 11.3. The minimum Gasteiger partial charge on any atom is -0.386 e. The SMILES string of the molecule is CCCCCNc1cnc(OC(F)(F)F)cn1. The van der Waals surface area contributed by atoms with Gasteiger partial charge in [-0.3, -0.25) is 0 Å². The van der Waals surface area contributed by atoms with Gasteiger partial charge >= 0.3 is 6.36 Å². The molecule has 0 saturated carbocycles. The fraction of sp³-hybridized carbons (Fsp3) is 0.600. The van der Waals surface area contributed by atoms with Gasteiger partial charge in [-0.25, -0.2) is 9.97 Å². The Hall–Kier alpha value is -1.53. The zero-order valence-corrected chi connectivity index (χ0v) is 9.42. The first-order valence-corrected chi connectivity index (χ1v) is 5.33. The number of hydrogen-bond acceptors (Lipinski definition) is 4. The van der Waals surface area contributed by atoms with E-state index >= 15 is 0 Å². The van der Waals surface area contributed by atoms with Gasteiger partial charge in [0.2, 0.25) is 5.88 Å². The highest BCUT2D eigenvalue weighted by atomic mass is 19.4. The van der Waals surface area contributed by atoms with Crippen molar-refractivity contribution in [3.05, 3.63) is 12.4 Å². The van der Waals surface area contributed by atoms with Crippen molar-refractivity contribution in [2.75, 3.05) is 11.9 Å². The largest absolute Gasteiger partial charge is 0.574 e. The molecule has 1 N–H and O–H groups in total. The molecule has 0 bridgehead atoms. The van der Waals surface area contributed by atoms with Gasteiger partial charge in [-0.1, -0.05) is 19.8 Å². The topological polar surface area (TPSA) is 47.0 Å². The van der Waals surface area contributed by atoms with E-state index in [0.717, 1.165) is 32.0 Å². The number of nitrogens with one attached hydrogen (secondary N) is 1. The molecule has 1 aromatic rings. The average molecular weight is 249 g/mol. The second kappa shape index (κ2) is 6.27. The van der Waals surface area contributed by atoms with Crippen molar-refractivity contribution in [3.8, 4) is 5.88 Å². The van der Waals surface area contributed by atoms with E-state index in [1.54, 1.807) is 0 Å². The lowest BCUT2D eigenvalue weighted by Gasteiger charge is -2.08. The number of anilines is 1. The lowest BCUT2D eigenvalue weighted by Crippen LogP contribution is -2.18. The van der Waals surface area contributed by atoms with Gasteiger partial charge in [0.15, 0.2) is 0 Å². The molecule has 17 heavy (non-hydrogen) atoms. The first-order valence-electron chi connectivity index (χ1n) is 5.33. The molecule has 0 aliphatic heterocycles. The molecule has 0 unspecified atom stereocenters. The molecule has 0 atom stereocenters. The summed E-state index contributed by atoms with van der Waals surface area (Å²) in [5.41, 5.74) is 0. The zero-order chi connectivity index (χ0) is 12.7. The Kier molecular flexibility index (Phi) is 4.99. The summed E-state index contributed by atoms with van der Waals surface area (Å²) in [6.45, 7) is 2.81. The van der Waals surface area contributed by atoms with Gasteiger partial charge in [0.25, 0.3) is 0 Å². The summed E-state index contributed by atoms with van der Waals surface area (Å²) in [6.07, 6.45) is 0.605. The number of ether oxygens (including phenoxy) is 1. The molecule has 1 heterocycles. The van der Waals surface area contributed by atoms with Crippen LogP contribution in [0.25, 0.3) is 0 Å². The molecule has 0 radical (unpaired) electrons. The van der Waals surface area contributed by atoms with Gasteiger partial charge in [0.05, 0.1) is 12.4 Å². The van der Waals surface area contributed by atoms with Crippen LogP contribution in [-0.4, -0.2) is 22.9 Å². The van der Waals surface area contributed by atoms with Crippen LogP contribution in [0.2, 0.25) is 0 Å². The minimum absolute atomic E-state index is 0.440. The lowest BCUT2D eigenvalue weighted by molar-refractivity contribution is -0.276. The Morgan fingerprint density at radius 1 is 1.24 bits per heavy atom. The van der Waals surface area contributed by atoms with Crippen LogP contribution in [0, 0.1) is 0 Å².